The molecule has 1 aromatic heterocycles. The Bertz CT molecular complexity index is 983. The molecular formula is C21H25FN3O3S+. The first-order valence-electron chi connectivity index (χ1n) is 9.48. The zero-order chi connectivity index (χ0) is 21.3. The van der Waals surface area contributed by atoms with Gasteiger partial charge in [0.25, 0.3) is 5.91 Å². The topological polar surface area (TPSA) is 74.9 Å². The summed E-state index contributed by atoms with van der Waals surface area (Å²) >= 11 is 1.22. The van der Waals surface area contributed by atoms with Crippen molar-refractivity contribution in [2.24, 2.45) is 0 Å². The summed E-state index contributed by atoms with van der Waals surface area (Å²) in [5.41, 5.74) is 1.00. The van der Waals surface area contributed by atoms with Crippen molar-refractivity contribution in [3.63, 3.8) is 0 Å². The van der Waals surface area contributed by atoms with Crippen LogP contribution in [0, 0.1) is 19.7 Å². The third-order valence-corrected chi connectivity index (χ3v) is 5.97. The number of halogens is 1. The molecular weight excluding hydrogens is 393 g/mol. The van der Waals surface area contributed by atoms with E-state index in [4.69, 9.17) is 0 Å². The number of nitrogens with zero attached hydrogens (tertiary/aromatic N) is 2. The minimum Gasteiger partial charge on any atom is -0.503 e. The molecule has 0 radical (unpaired) electrons. The number of nitrogens with one attached hydrogen (secondary N) is 1. The minimum absolute atomic E-state index is 0.00968. The molecule has 0 fully saturated rings. The number of aromatic nitrogens is 1. The molecule has 6 nitrogen and oxygen atoms in total. The van der Waals surface area contributed by atoms with Crippen molar-refractivity contribution in [2.75, 3.05) is 27.2 Å². The number of rotatable bonds is 7. The van der Waals surface area contributed by atoms with E-state index in [0.717, 1.165) is 11.6 Å². The van der Waals surface area contributed by atoms with Crippen molar-refractivity contribution < 1.29 is 24.0 Å². The molecule has 29 heavy (non-hydrogen) atoms. The highest BCUT2D eigenvalue weighted by Gasteiger charge is 2.44. The summed E-state index contributed by atoms with van der Waals surface area (Å²) in [5.74, 6) is -2.06. The first-order chi connectivity index (χ1) is 13.7. The summed E-state index contributed by atoms with van der Waals surface area (Å²) in [6, 6.07) is 4.99. The first kappa shape index (κ1) is 21.1. The quantitative estimate of drug-likeness (QED) is 0.675. The summed E-state index contributed by atoms with van der Waals surface area (Å²) in [6.45, 7) is 4.69. The normalized spacial score (nSPS) is 17.0. The van der Waals surface area contributed by atoms with Crippen LogP contribution < -0.4 is 4.90 Å². The van der Waals surface area contributed by atoms with Gasteiger partial charge in [-0.05, 0) is 31.5 Å². The summed E-state index contributed by atoms with van der Waals surface area (Å²) < 4.78 is 13.9. The molecule has 1 atom stereocenters. The highest BCUT2D eigenvalue weighted by atomic mass is 32.1. The lowest BCUT2D eigenvalue weighted by atomic mass is 9.95. The van der Waals surface area contributed by atoms with Gasteiger partial charge in [0.05, 0.1) is 47.8 Å². The molecule has 0 spiro atoms. The Kier molecular flexibility index (Phi) is 6.14. The highest BCUT2D eigenvalue weighted by Crippen LogP contribution is 2.40. The van der Waals surface area contributed by atoms with E-state index >= 15 is 0 Å². The Labute approximate surface area is 173 Å². The molecule has 0 bridgehead atoms. The van der Waals surface area contributed by atoms with Crippen LogP contribution in [0.3, 0.4) is 0 Å². The second-order valence-electron chi connectivity index (χ2n) is 7.51. The number of ketones is 1. The monoisotopic (exact) mass is 418 g/mol. The first-order valence-corrected chi connectivity index (χ1v) is 10.3. The molecule has 0 saturated heterocycles. The van der Waals surface area contributed by atoms with Crippen LogP contribution in [-0.4, -0.2) is 53.9 Å². The number of thiazole rings is 1. The standard InChI is InChI=1S/C21H24FN3O3S/c1-12-20(29-13(2)23-12)18(26)16-17(14-7-5-8-15(22)11-14)25(21(28)19(16)27)10-6-9-24(3)4/h5,7-8,11,17,27H,6,9-10H2,1-4H3/p+1/t17-/m0/s1. The number of carbonyl (C=O) groups excluding carboxylic acids is 2. The van der Waals surface area contributed by atoms with Crippen molar-refractivity contribution in [2.45, 2.75) is 26.3 Å². The number of hydrogen-bond acceptors (Lipinski definition) is 5. The molecule has 1 aliphatic heterocycles. The van der Waals surface area contributed by atoms with Gasteiger partial charge in [-0.1, -0.05) is 12.1 Å². The average Bonchev–Trinajstić information content (AvgIpc) is 3.11. The van der Waals surface area contributed by atoms with E-state index in [-0.39, 0.29) is 5.57 Å². The van der Waals surface area contributed by atoms with Crippen molar-refractivity contribution in [1.82, 2.24) is 9.88 Å². The van der Waals surface area contributed by atoms with Crippen LogP contribution in [0.4, 0.5) is 4.39 Å². The van der Waals surface area contributed by atoms with E-state index in [2.05, 4.69) is 4.98 Å². The smallest absolute Gasteiger partial charge is 0.290 e. The summed E-state index contributed by atoms with van der Waals surface area (Å²) in [6.07, 6.45) is 0.688. The van der Waals surface area contributed by atoms with Crippen LogP contribution in [-0.2, 0) is 4.79 Å². The number of amides is 1. The molecule has 1 aromatic carbocycles. The predicted octanol–water partition coefficient (Wildman–Crippen LogP) is 2.01. The van der Waals surface area contributed by atoms with Gasteiger partial charge >= 0.3 is 0 Å². The number of aliphatic hydroxyl groups excluding tert-OH is 1. The van der Waals surface area contributed by atoms with E-state index < -0.39 is 29.3 Å². The third kappa shape index (κ3) is 4.23. The SMILES string of the molecule is Cc1nc(C)c(C(=O)C2=C(O)C(=O)N(CCC[NH+](C)C)[C@H]2c2cccc(F)c2)s1. The zero-order valence-corrected chi connectivity index (χ0v) is 17.8. The third-order valence-electron chi connectivity index (χ3n) is 4.90. The Morgan fingerprint density at radius 2 is 2.07 bits per heavy atom. The maximum absolute atomic E-state index is 13.9. The van der Waals surface area contributed by atoms with Crippen LogP contribution in [0.15, 0.2) is 35.6 Å². The molecule has 1 aliphatic rings. The summed E-state index contributed by atoms with van der Waals surface area (Å²) in [4.78, 5) is 33.5. The minimum atomic E-state index is -0.829. The van der Waals surface area contributed by atoms with Gasteiger partial charge < -0.3 is 14.9 Å². The second kappa shape index (κ2) is 8.42. The fourth-order valence-corrected chi connectivity index (χ4v) is 4.48. The number of hydrogen-bond donors (Lipinski definition) is 2. The molecule has 0 saturated carbocycles. The van der Waals surface area contributed by atoms with Crippen molar-refractivity contribution >= 4 is 23.0 Å². The van der Waals surface area contributed by atoms with Gasteiger partial charge in [0.15, 0.2) is 5.76 Å². The summed E-state index contributed by atoms with van der Waals surface area (Å²) in [5, 5.41) is 11.3. The fourth-order valence-electron chi connectivity index (χ4n) is 3.61. The van der Waals surface area contributed by atoms with Crippen LogP contribution in [0.25, 0.3) is 0 Å². The molecule has 1 amide bonds. The number of carbonyl (C=O) groups is 2. The van der Waals surface area contributed by atoms with E-state index in [1.54, 1.807) is 19.9 Å². The van der Waals surface area contributed by atoms with Crippen molar-refractivity contribution in [3.8, 4) is 0 Å². The zero-order valence-electron chi connectivity index (χ0n) is 17.0. The molecule has 8 heteroatoms. The van der Waals surface area contributed by atoms with E-state index in [9.17, 15) is 19.1 Å². The number of Topliss-reactive ketones (excluding diaryl/α,β-unsaturated/α-hetero) is 1. The molecule has 2 heterocycles. The molecule has 0 aliphatic carbocycles. The van der Waals surface area contributed by atoms with E-state index in [1.807, 2.05) is 14.1 Å². The Morgan fingerprint density at radius 1 is 1.34 bits per heavy atom. The van der Waals surface area contributed by atoms with E-state index in [0.29, 0.717) is 29.1 Å². The Hall–Kier alpha value is -2.58. The van der Waals surface area contributed by atoms with E-state index in [1.165, 1.54) is 39.3 Å². The molecule has 3 rings (SSSR count). The molecule has 2 N–H and O–H groups in total. The Morgan fingerprint density at radius 3 is 2.66 bits per heavy atom. The molecule has 2 aromatic rings. The largest absolute Gasteiger partial charge is 0.503 e. The number of aliphatic hydroxyl groups is 1. The second-order valence-corrected chi connectivity index (χ2v) is 8.71. The predicted molar refractivity (Wildman–Crippen MR) is 109 cm³/mol. The van der Waals surface area contributed by atoms with Gasteiger partial charge in [0, 0.05) is 13.0 Å². The lowest BCUT2D eigenvalue weighted by Crippen LogP contribution is -3.05. The highest BCUT2D eigenvalue weighted by molar-refractivity contribution is 7.14. The van der Waals surface area contributed by atoms with Gasteiger partial charge in [0.1, 0.15) is 5.82 Å². The van der Waals surface area contributed by atoms with Crippen LogP contribution >= 0.6 is 11.3 Å². The fraction of sp³-hybridized carbons (Fsp3) is 0.381. The lowest BCUT2D eigenvalue weighted by Gasteiger charge is -2.27. The molecule has 154 valence electrons. The van der Waals surface area contributed by atoms with Crippen molar-refractivity contribution in [3.05, 3.63) is 62.6 Å². The molecule has 0 unspecified atom stereocenters. The maximum Gasteiger partial charge on any atom is 0.290 e. The van der Waals surface area contributed by atoms with Crippen LogP contribution in [0.5, 0.6) is 0 Å². The van der Waals surface area contributed by atoms with Gasteiger partial charge in [0.2, 0.25) is 5.78 Å². The van der Waals surface area contributed by atoms with Gasteiger partial charge in [-0.25, -0.2) is 9.37 Å². The van der Waals surface area contributed by atoms with Crippen LogP contribution in [0.1, 0.15) is 38.4 Å². The maximum atomic E-state index is 13.9. The Balaban J connectivity index is 2.05. The van der Waals surface area contributed by atoms with Crippen molar-refractivity contribution in [1.29, 1.82) is 0 Å². The average molecular weight is 419 g/mol. The number of quaternary nitrogens is 1. The van der Waals surface area contributed by atoms with Gasteiger partial charge in [-0.3, -0.25) is 9.59 Å². The number of aryl methyl sites for hydroxylation is 2. The summed E-state index contributed by atoms with van der Waals surface area (Å²) in [7, 11) is 4.02. The van der Waals surface area contributed by atoms with Crippen LogP contribution in [0.2, 0.25) is 0 Å². The lowest BCUT2D eigenvalue weighted by molar-refractivity contribution is -0.858. The number of benzene rings is 1. The van der Waals surface area contributed by atoms with Gasteiger partial charge in [-0.15, -0.1) is 11.3 Å². The van der Waals surface area contributed by atoms with Gasteiger partial charge in [-0.2, -0.15) is 0 Å².